The Hall–Kier alpha value is -2.84. The summed E-state index contributed by atoms with van der Waals surface area (Å²) in [7, 11) is 3.18. The number of H-pyrrole nitrogens is 1. The number of halogens is 1. The lowest BCUT2D eigenvalue weighted by molar-refractivity contribution is 0.0827. The van der Waals surface area contributed by atoms with Crippen molar-refractivity contribution in [1.29, 1.82) is 0 Å². The van der Waals surface area contributed by atoms with Crippen molar-refractivity contribution in [2.75, 3.05) is 27.3 Å². The Bertz CT molecular complexity index is 985. The highest BCUT2D eigenvalue weighted by molar-refractivity contribution is 6.04. The zero-order chi connectivity index (χ0) is 18.8. The normalized spacial score (nSPS) is 13.9. The molecule has 1 aromatic carbocycles. The number of fused-ring (bicyclic) bond motifs is 1. The summed E-state index contributed by atoms with van der Waals surface area (Å²) in [5.74, 6) is 1.07. The number of ether oxygens (including phenoxy) is 2. The molecular formula is C19H22ClN5O3. The number of aromatic amines is 1. The summed E-state index contributed by atoms with van der Waals surface area (Å²) in [5, 5.41) is 1.94. The van der Waals surface area contributed by atoms with Crippen molar-refractivity contribution in [3.63, 3.8) is 0 Å². The minimum absolute atomic E-state index is 0. The number of nitrogens with one attached hydrogen (secondary N) is 2. The Labute approximate surface area is 168 Å². The van der Waals surface area contributed by atoms with Crippen LogP contribution in [0.25, 0.3) is 22.4 Å². The van der Waals surface area contributed by atoms with Gasteiger partial charge in [-0.2, -0.15) is 0 Å². The zero-order valence-electron chi connectivity index (χ0n) is 15.7. The van der Waals surface area contributed by atoms with Crippen LogP contribution in [0.2, 0.25) is 0 Å². The van der Waals surface area contributed by atoms with Crippen LogP contribution in [0.4, 0.5) is 0 Å². The van der Waals surface area contributed by atoms with Gasteiger partial charge in [0.05, 0.1) is 31.7 Å². The number of carbonyl (C=O) groups is 1. The first kappa shape index (κ1) is 19.9. The fraction of sp³-hybridized carbons (Fsp3) is 0.316. The largest absolute Gasteiger partial charge is 0.493 e. The average molecular weight is 404 g/mol. The number of hydrazine groups is 1. The summed E-state index contributed by atoms with van der Waals surface area (Å²) < 4.78 is 10.6. The summed E-state index contributed by atoms with van der Waals surface area (Å²) >= 11 is 0. The van der Waals surface area contributed by atoms with Crippen LogP contribution < -0.4 is 14.9 Å². The average Bonchev–Trinajstić information content (AvgIpc) is 3.36. The van der Waals surface area contributed by atoms with Crippen LogP contribution in [0.3, 0.4) is 0 Å². The van der Waals surface area contributed by atoms with E-state index in [1.165, 1.54) is 0 Å². The van der Waals surface area contributed by atoms with Gasteiger partial charge in [0, 0.05) is 24.8 Å². The predicted molar refractivity (Wildman–Crippen MR) is 108 cm³/mol. The Morgan fingerprint density at radius 2 is 1.93 bits per heavy atom. The number of benzene rings is 1. The molecule has 1 saturated heterocycles. The number of carbonyl (C=O) groups excluding carboxylic acids is 1. The van der Waals surface area contributed by atoms with Gasteiger partial charge in [0.25, 0.3) is 5.91 Å². The fourth-order valence-corrected chi connectivity index (χ4v) is 3.23. The molecule has 1 aliphatic rings. The molecule has 0 spiro atoms. The van der Waals surface area contributed by atoms with E-state index in [-0.39, 0.29) is 18.3 Å². The van der Waals surface area contributed by atoms with Crippen molar-refractivity contribution in [3.8, 4) is 22.8 Å². The monoisotopic (exact) mass is 403 g/mol. The van der Waals surface area contributed by atoms with Crippen molar-refractivity contribution in [2.24, 2.45) is 0 Å². The Kier molecular flexibility index (Phi) is 6.01. The van der Waals surface area contributed by atoms with E-state index in [1.807, 2.05) is 23.2 Å². The van der Waals surface area contributed by atoms with E-state index in [2.05, 4.69) is 20.4 Å². The van der Waals surface area contributed by atoms with Gasteiger partial charge < -0.3 is 14.5 Å². The lowest BCUT2D eigenvalue weighted by atomic mass is 10.1. The van der Waals surface area contributed by atoms with Gasteiger partial charge in [-0.25, -0.2) is 15.0 Å². The van der Waals surface area contributed by atoms with E-state index in [0.717, 1.165) is 31.5 Å². The fourth-order valence-electron chi connectivity index (χ4n) is 3.23. The lowest BCUT2D eigenvalue weighted by Gasteiger charge is -2.15. The highest BCUT2D eigenvalue weighted by Crippen LogP contribution is 2.32. The molecule has 0 saturated carbocycles. The molecule has 2 N–H and O–H groups in total. The molecule has 0 unspecified atom stereocenters. The Morgan fingerprint density at radius 1 is 1.18 bits per heavy atom. The molecule has 148 valence electrons. The number of rotatable bonds is 5. The minimum atomic E-state index is -0.179. The third-order valence-corrected chi connectivity index (χ3v) is 4.67. The molecule has 8 nitrogen and oxygen atoms in total. The second-order valence-corrected chi connectivity index (χ2v) is 6.36. The first-order valence-corrected chi connectivity index (χ1v) is 8.82. The maximum absolute atomic E-state index is 12.6. The minimum Gasteiger partial charge on any atom is -0.493 e. The van der Waals surface area contributed by atoms with E-state index in [9.17, 15) is 4.79 Å². The van der Waals surface area contributed by atoms with Crippen molar-refractivity contribution >= 4 is 29.5 Å². The summed E-state index contributed by atoms with van der Waals surface area (Å²) in [6.45, 7) is 1.74. The maximum atomic E-state index is 12.6. The predicted octanol–water partition coefficient (Wildman–Crippen LogP) is 2.80. The Morgan fingerprint density at radius 3 is 2.64 bits per heavy atom. The van der Waals surface area contributed by atoms with Crippen molar-refractivity contribution in [1.82, 2.24) is 25.4 Å². The molecular weight excluding hydrogens is 382 g/mol. The summed E-state index contributed by atoms with van der Waals surface area (Å²) in [6, 6.07) is 5.54. The van der Waals surface area contributed by atoms with E-state index >= 15 is 0 Å². The van der Waals surface area contributed by atoms with Gasteiger partial charge >= 0.3 is 0 Å². The third kappa shape index (κ3) is 3.74. The molecule has 3 heterocycles. The second-order valence-electron chi connectivity index (χ2n) is 6.36. The SMILES string of the molecule is COc1ccc(-c2cnc3[nH]cc(C(=O)NN4CCCC4)c3n2)cc1OC.Cl. The van der Waals surface area contributed by atoms with Crippen LogP contribution in [0.15, 0.2) is 30.6 Å². The van der Waals surface area contributed by atoms with Gasteiger partial charge in [-0.05, 0) is 31.0 Å². The van der Waals surface area contributed by atoms with Crippen molar-refractivity contribution in [2.45, 2.75) is 12.8 Å². The topological polar surface area (TPSA) is 92.4 Å². The lowest BCUT2D eigenvalue weighted by Crippen LogP contribution is -2.39. The smallest absolute Gasteiger partial charge is 0.269 e. The molecule has 4 rings (SSSR count). The van der Waals surface area contributed by atoms with Crippen LogP contribution in [0.1, 0.15) is 23.2 Å². The van der Waals surface area contributed by atoms with E-state index in [4.69, 9.17) is 9.47 Å². The first-order valence-electron chi connectivity index (χ1n) is 8.82. The van der Waals surface area contributed by atoms with E-state index < -0.39 is 0 Å². The summed E-state index contributed by atoms with van der Waals surface area (Å²) in [5.41, 5.74) is 6.01. The molecule has 28 heavy (non-hydrogen) atoms. The molecule has 1 aliphatic heterocycles. The van der Waals surface area contributed by atoms with Crippen LogP contribution in [-0.2, 0) is 0 Å². The third-order valence-electron chi connectivity index (χ3n) is 4.67. The maximum Gasteiger partial charge on any atom is 0.269 e. The molecule has 1 fully saturated rings. The number of aromatic nitrogens is 3. The molecule has 0 radical (unpaired) electrons. The summed E-state index contributed by atoms with van der Waals surface area (Å²) in [6.07, 6.45) is 5.51. The second kappa shape index (κ2) is 8.45. The number of methoxy groups -OCH3 is 2. The van der Waals surface area contributed by atoms with Gasteiger partial charge in [-0.1, -0.05) is 0 Å². The zero-order valence-corrected chi connectivity index (χ0v) is 16.5. The first-order chi connectivity index (χ1) is 13.2. The molecule has 0 aliphatic carbocycles. The van der Waals surface area contributed by atoms with Gasteiger partial charge in [-0.3, -0.25) is 10.2 Å². The molecule has 2 aromatic heterocycles. The van der Waals surface area contributed by atoms with Crippen molar-refractivity contribution in [3.05, 3.63) is 36.2 Å². The number of hydrogen-bond acceptors (Lipinski definition) is 6. The highest BCUT2D eigenvalue weighted by atomic mass is 35.5. The van der Waals surface area contributed by atoms with Gasteiger partial charge in [-0.15, -0.1) is 12.4 Å². The molecule has 0 bridgehead atoms. The summed E-state index contributed by atoms with van der Waals surface area (Å²) in [4.78, 5) is 24.7. The molecule has 3 aromatic rings. The Balaban J connectivity index is 0.00000225. The van der Waals surface area contributed by atoms with Gasteiger partial charge in [0.2, 0.25) is 0 Å². The molecule has 1 amide bonds. The number of nitrogens with zero attached hydrogens (tertiary/aromatic N) is 3. The standard InChI is InChI=1S/C19H21N5O3.ClH/c1-26-15-6-5-12(9-16(15)27-2)14-11-21-18-17(22-14)13(10-20-18)19(25)23-24-7-3-4-8-24;/h5-6,9-11H,3-4,7-8H2,1-2H3,(H,20,21)(H,23,25);1H. The van der Waals surface area contributed by atoms with Crippen LogP contribution in [-0.4, -0.2) is 53.2 Å². The van der Waals surface area contributed by atoms with Crippen molar-refractivity contribution < 1.29 is 14.3 Å². The van der Waals surface area contributed by atoms with Crippen LogP contribution in [0.5, 0.6) is 11.5 Å². The molecule has 0 atom stereocenters. The van der Waals surface area contributed by atoms with Crippen LogP contribution in [0, 0.1) is 0 Å². The highest BCUT2D eigenvalue weighted by Gasteiger charge is 2.19. The van der Waals surface area contributed by atoms with Crippen LogP contribution >= 0.6 is 12.4 Å². The van der Waals surface area contributed by atoms with E-state index in [1.54, 1.807) is 26.6 Å². The van der Waals surface area contributed by atoms with Gasteiger partial charge in [0.1, 0.15) is 5.52 Å². The van der Waals surface area contributed by atoms with Gasteiger partial charge in [0.15, 0.2) is 17.1 Å². The number of amides is 1. The number of hydrogen-bond donors (Lipinski definition) is 2. The quantitative estimate of drug-likeness (QED) is 0.680. The van der Waals surface area contributed by atoms with E-state index in [0.29, 0.717) is 33.9 Å². The molecule has 9 heteroatoms.